The predicted octanol–water partition coefficient (Wildman–Crippen LogP) is 2.18. The van der Waals surface area contributed by atoms with Crippen LogP contribution in [-0.4, -0.2) is 47.4 Å². The van der Waals surface area contributed by atoms with Crippen molar-refractivity contribution in [3.05, 3.63) is 35.5 Å². The van der Waals surface area contributed by atoms with Crippen molar-refractivity contribution >= 4 is 22.7 Å². The third kappa shape index (κ3) is 3.90. The Labute approximate surface area is 154 Å². The molecule has 6 heteroatoms. The number of benzene rings is 1. The van der Waals surface area contributed by atoms with E-state index < -0.39 is 0 Å². The number of aryl methyl sites for hydroxylation is 1. The van der Waals surface area contributed by atoms with Crippen LogP contribution in [0.3, 0.4) is 0 Å². The first kappa shape index (κ1) is 18.5. The second kappa shape index (κ2) is 7.91. The van der Waals surface area contributed by atoms with Gasteiger partial charge < -0.3 is 20.9 Å². The third-order valence-electron chi connectivity index (χ3n) is 5.28. The molecule has 0 saturated carbocycles. The lowest BCUT2D eigenvalue weighted by Crippen LogP contribution is -2.51. The van der Waals surface area contributed by atoms with Crippen molar-refractivity contribution in [1.82, 2.24) is 15.2 Å². The van der Waals surface area contributed by atoms with Gasteiger partial charge in [0.05, 0.1) is 0 Å². The van der Waals surface area contributed by atoms with Crippen LogP contribution in [0.1, 0.15) is 42.2 Å². The predicted molar refractivity (Wildman–Crippen MR) is 103 cm³/mol. The summed E-state index contributed by atoms with van der Waals surface area (Å²) >= 11 is 0. The van der Waals surface area contributed by atoms with Gasteiger partial charge in [0.25, 0.3) is 5.91 Å². The largest absolute Gasteiger partial charge is 0.350 e. The maximum absolute atomic E-state index is 12.7. The number of H-pyrrole nitrogens is 1. The highest BCUT2D eigenvalue weighted by atomic mass is 16.2. The van der Waals surface area contributed by atoms with E-state index in [1.54, 1.807) is 0 Å². The number of amides is 2. The molecule has 0 aliphatic carbocycles. The minimum absolute atomic E-state index is 0.0774. The molecule has 1 aliphatic heterocycles. The van der Waals surface area contributed by atoms with Gasteiger partial charge in [-0.05, 0) is 43.9 Å². The molecule has 0 spiro atoms. The maximum Gasteiger partial charge on any atom is 0.267 e. The van der Waals surface area contributed by atoms with Crippen LogP contribution in [0, 0.1) is 12.8 Å². The van der Waals surface area contributed by atoms with E-state index >= 15 is 0 Å². The summed E-state index contributed by atoms with van der Waals surface area (Å²) in [6.45, 7) is 6.02. The number of nitrogens with zero attached hydrogens (tertiary/aromatic N) is 1. The molecule has 1 aromatic heterocycles. The Morgan fingerprint density at radius 3 is 2.88 bits per heavy atom. The van der Waals surface area contributed by atoms with Crippen molar-refractivity contribution in [2.45, 2.75) is 39.2 Å². The Bertz CT molecular complexity index is 798. The molecule has 2 aromatic rings. The van der Waals surface area contributed by atoms with Gasteiger partial charge >= 0.3 is 0 Å². The molecule has 2 amide bonds. The summed E-state index contributed by atoms with van der Waals surface area (Å²) in [4.78, 5) is 29.9. The molecule has 3 rings (SSSR count). The summed E-state index contributed by atoms with van der Waals surface area (Å²) < 4.78 is 0. The fraction of sp³-hybridized carbons (Fsp3) is 0.500. The van der Waals surface area contributed by atoms with Crippen LogP contribution in [0.2, 0.25) is 0 Å². The van der Waals surface area contributed by atoms with E-state index in [-0.39, 0.29) is 23.8 Å². The Hall–Kier alpha value is -2.34. The van der Waals surface area contributed by atoms with E-state index in [0.717, 1.165) is 29.3 Å². The number of likely N-dealkylation sites (tertiary alicyclic amines) is 1. The van der Waals surface area contributed by atoms with E-state index in [1.165, 1.54) is 0 Å². The van der Waals surface area contributed by atoms with E-state index in [9.17, 15) is 9.59 Å². The van der Waals surface area contributed by atoms with Crippen molar-refractivity contribution in [2.75, 3.05) is 19.6 Å². The Morgan fingerprint density at radius 1 is 1.38 bits per heavy atom. The molecular formula is C20H28N4O2. The molecule has 2 heterocycles. The number of carbonyl (C=O) groups is 2. The summed E-state index contributed by atoms with van der Waals surface area (Å²) in [6, 6.07) is 8.00. The van der Waals surface area contributed by atoms with Crippen molar-refractivity contribution in [1.29, 1.82) is 0 Å². The average Bonchev–Trinajstić information content (AvgIpc) is 3.07. The molecule has 1 aromatic carbocycles. The highest BCUT2D eigenvalue weighted by Crippen LogP contribution is 2.21. The van der Waals surface area contributed by atoms with Gasteiger partial charge in [0.1, 0.15) is 5.69 Å². The summed E-state index contributed by atoms with van der Waals surface area (Å²) in [6.07, 6.45) is 2.01. The molecule has 0 unspecified atom stereocenters. The van der Waals surface area contributed by atoms with Gasteiger partial charge in [-0.15, -0.1) is 0 Å². The topological polar surface area (TPSA) is 91.2 Å². The lowest BCUT2D eigenvalue weighted by Gasteiger charge is -2.37. The second-order valence-electron chi connectivity index (χ2n) is 7.30. The summed E-state index contributed by atoms with van der Waals surface area (Å²) in [5, 5.41) is 4.18. The van der Waals surface area contributed by atoms with Gasteiger partial charge in [-0.1, -0.05) is 25.1 Å². The van der Waals surface area contributed by atoms with Crippen LogP contribution in [0.5, 0.6) is 0 Å². The fourth-order valence-electron chi connectivity index (χ4n) is 3.67. The lowest BCUT2D eigenvalue weighted by molar-refractivity contribution is -0.133. The Morgan fingerprint density at radius 2 is 2.19 bits per heavy atom. The SMILES string of the molecule is Cc1cccc2cc(C(=O)N[C@H]3CCN(C(=O)CCCN)C[C@H]3C)[nH]c12. The molecule has 1 saturated heterocycles. The number of piperidine rings is 1. The molecular weight excluding hydrogens is 328 g/mol. The van der Waals surface area contributed by atoms with Gasteiger partial charge in [-0.2, -0.15) is 0 Å². The molecule has 6 nitrogen and oxygen atoms in total. The first-order chi connectivity index (χ1) is 12.5. The third-order valence-corrected chi connectivity index (χ3v) is 5.28. The van der Waals surface area contributed by atoms with Crippen LogP contribution >= 0.6 is 0 Å². The molecule has 4 N–H and O–H groups in total. The van der Waals surface area contributed by atoms with Gasteiger partial charge in [0.2, 0.25) is 5.91 Å². The first-order valence-corrected chi connectivity index (χ1v) is 9.36. The molecule has 2 atom stereocenters. The Kier molecular flexibility index (Phi) is 5.61. The average molecular weight is 356 g/mol. The smallest absolute Gasteiger partial charge is 0.267 e. The lowest BCUT2D eigenvalue weighted by atomic mass is 9.93. The van der Waals surface area contributed by atoms with Crippen molar-refractivity contribution < 1.29 is 9.59 Å². The number of aromatic nitrogens is 1. The molecule has 1 fully saturated rings. The number of hydrogen-bond donors (Lipinski definition) is 3. The number of carbonyl (C=O) groups excluding carboxylic acids is 2. The van der Waals surface area contributed by atoms with Gasteiger partial charge in [0.15, 0.2) is 0 Å². The number of para-hydroxylation sites is 1. The highest BCUT2D eigenvalue weighted by Gasteiger charge is 2.29. The van der Waals surface area contributed by atoms with Crippen LogP contribution in [0.15, 0.2) is 24.3 Å². The zero-order chi connectivity index (χ0) is 18.7. The van der Waals surface area contributed by atoms with E-state index in [4.69, 9.17) is 5.73 Å². The Balaban J connectivity index is 1.61. The van der Waals surface area contributed by atoms with E-state index in [0.29, 0.717) is 31.7 Å². The van der Waals surface area contributed by atoms with Crippen LogP contribution < -0.4 is 11.1 Å². The van der Waals surface area contributed by atoms with E-state index in [1.807, 2.05) is 36.1 Å². The summed E-state index contributed by atoms with van der Waals surface area (Å²) in [5.74, 6) is 0.305. The molecule has 0 bridgehead atoms. The van der Waals surface area contributed by atoms with Crippen LogP contribution in [0.25, 0.3) is 10.9 Å². The minimum atomic E-state index is -0.0830. The number of fused-ring (bicyclic) bond motifs is 1. The summed E-state index contributed by atoms with van der Waals surface area (Å²) in [7, 11) is 0. The number of rotatable bonds is 5. The monoisotopic (exact) mass is 356 g/mol. The number of hydrogen-bond acceptors (Lipinski definition) is 3. The van der Waals surface area contributed by atoms with E-state index in [2.05, 4.69) is 17.2 Å². The molecule has 26 heavy (non-hydrogen) atoms. The quantitative estimate of drug-likeness (QED) is 0.767. The number of nitrogens with one attached hydrogen (secondary N) is 2. The van der Waals surface area contributed by atoms with Gasteiger partial charge in [0, 0.05) is 36.5 Å². The normalized spacial score (nSPS) is 20.3. The zero-order valence-corrected chi connectivity index (χ0v) is 15.5. The fourth-order valence-corrected chi connectivity index (χ4v) is 3.67. The van der Waals surface area contributed by atoms with Gasteiger partial charge in [-0.3, -0.25) is 9.59 Å². The highest BCUT2D eigenvalue weighted by molar-refractivity contribution is 5.98. The standard InChI is InChI=1S/C20H28N4O2/c1-13-5-3-6-15-11-17(22-19(13)15)20(26)23-16-8-10-24(12-14(16)2)18(25)7-4-9-21/h3,5-6,11,14,16,22H,4,7-10,12,21H2,1-2H3,(H,23,26)/t14-,16+/m1/s1. The van der Waals surface area contributed by atoms with Crippen molar-refractivity contribution in [3.8, 4) is 0 Å². The van der Waals surface area contributed by atoms with Crippen molar-refractivity contribution in [2.24, 2.45) is 11.7 Å². The maximum atomic E-state index is 12.7. The van der Waals surface area contributed by atoms with Crippen LogP contribution in [-0.2, 0) is 4.79 Å². The molecule has 1 aliphatic rings. The molecule has 0 radical (unpaired) electrons. The molecule has 140 valence electrons. The number of aromatic amines is 1. The zero-order valence-electron chi connectivity index (χ0n) is 15.5. The van der Waals surface area contributed by atoms with Crippen LogP contribution in [0.4, 0.5) is 0 Å². The van der Waals surface area contributed by atoms with Crippen molar-refractivity contribution in [3.63, 3.8) is 0 Å². The summed E-state index contributed by atoms with van der Waals surface area (Å²) in [5.41, 5.74) is 8.20. The minimum Gasteiger partial charge on any atom is -0.350 e. The first-order valence-electron chi connectivity index (χ1n) is 9.36. The second-order valence-corrected chi connectivity index (χ2v) is 7.30. The number of nitrogens with two attached hydrogens (primary N) is 1. The van der Waals surface area contributed by atoms with Gasteiger partial charge in [-0.25, -0.2) is 0 Å².